The van der Waals surface area contributed by atoms with Crippen LogP contribution < -0.4 is 10.1 Å². The van der Waals surface area contributed by atoms with Crippen LogP contribution in [0.5, 0.6) is 5.88 Å². The molecule has 0 amide bonds. The van der Waals surface area contributed by atoms with E-state index in [4.69, 9.17) is 9.47 Å². The summed E-state index contributed by atoms with van der Waals surface area (Å²) in [6, 6.07) is 0. The van der Waals surface area contributed by atoms with Gasteiger partial charge in [-0.3, -0.25) is 4.40 Å². The van der Waals surface area contributed by atoms with Gasteiger partial charge in [-0.25, -0.2) is 0 Å². The van der Waals surface area contributed by atoms with Crippen LogP contribution in [0.15, 0.2) is 11.6 Å². The third-order valence-corrected chi connectivity index (χ3v) is 3.96. The molecule has 2 aromatic rings. The van der Waals surface area contributed by atoms with Crippen molar-refractivity contribution in [1.82, 2.24) is 14.7 Å². The molecule has 3 rings (SSSR count). The fourth-order valence-electron chi connectivity index (χ4n) is 2.29. The normalized spacial score (nSPS) is 19.7. The van der Waals surface area contributed by atoms with E-state index < -0.39 is 0 Å². The summed E-state index contributed by atoms with van der Waals surface area (Å²) >= 11 is 1.62. The molecule has 1 aliphatic heterocycles. The zero-order chi connectivity index (χ0) is 12.4. The van der Waals surface area contributed by atoms with Gasteiger partial charge in [0.25, 0.3) is 0 Å². The molecular formula is C12H17N3O2S. The van der Waals surface area contributed by atoms with Crippen molar-refractivity contribution < 1.29 is 9.47 Å². The average molecular weight is 267 g/mol. The molecule has 98 valence electrons. The fraction of sp³-hybridized carbons (Fsp3) is 0.583. The van der Waals surface area contributed by atoms with Crippen molar-refractivity contribution >= 4 is 16.3 Å². The SMILES string of the molecule is COc1nc2sccn2c1CNCC1CCCO1. The second-order valence-corrected chi connectivity index (χ2v) is 5.26. The van der Waals surface area contributed by atoms with E-state index in [0.717, 1.165) is 36.8 Å². The fourth-order valence-corrected chi connectivity index (χ4v) is 3.02. The van der Waals surface area contributed by atoms with Gasteiger partial charge in [0.05, 0.1) is 13.2 Å². The molecule has 0 spiro atoms. The molecule has 0 radical (unpaired) electrons. The van der Waals surface area contributed by atoms with Crippen LogP contribution in [0.25, 0.3) is 4.96 Å². The highest BCUT2D eigenvalue weighted by Crippen LogP contribution is 2.22. The molecule has 1 aliphatic rings. The van der Waals surface area contributed by atoms with E-state index in [2.05, 4.69) is 14.7 Å². The summed E-state index contributed by atoms with van der Waals surface area (Å²) in [6.07, 6.45) is 4.72. The Balaban J connectivity index is 1.66. The van der Waals surface area contributed by atoms with Gasteiger partial charge < -0.3 is 14.8 Å². The lowest BCUT2D eigenvalue weighted by Crippen LogP contribution is -2.26. The Kier molecular flexibility index (Phi) is 3.49. The van der Waals surface area contributed by atoms with Crippen molar-refractivity contribution in [3.63, 3.8) is 0 Å². The third-order valence-electron chi connectivity index (χ3n) is 3.21. The van der Waals surface area contributed by atoms with Gasteiger partial charge >= 0.3 is 0 Å². The lowest BCUT2D eigenvalue weighted by atomic mass is 10.2. The minimum absolute atomic E-state index is 0.363. The van der Waals surface area contributed by atoms with Crippen molar-refractivity contribution in [2.75, 3.05) is 20.3 Å². The highest BCUT2D eigenvalue weighted by atomic mass is 32.1. The van der Waals surface area contributed by atoms with Crippen LogP contribution in [0.4, 0.5) is 0 Å². The molecule has 0 aliphatic carbocycles. The summed E-state index contributed by atoms with van der Waals surface area (Å²) in [7, 11) is 1.66. The zero-order valence-electron chi connectivity index (χ0n) is 10.4. The van der Waals surface area contributed by atoms with Crippen LogP contribution in [0.1, 0.15) is 18.5 Å². The number of methoxy groups -OCH3 is 1. The maximum Gasteiger partial charge on any atom is 0.237 e. The molecule has 0 bridgehead atoms. The summed E-state index contributed by atoms with van der Waals surface area (Å²) in [5.74, 6) is 0.710. The largest absolute Gasteiger partial charge is 0.480 e. The predicted molar refractivity (Wildman–Crippen MR) is 70.3 cm³/mol. The summed E-state index contributed by atoms with van der Waals surface area (Å²) < 4.78 is 13.0. The molecule has 5 nitrogen and oxygen atoms in total. The Bertz CT molecular complexity index is 516. The van der Waals surface area contributed by atoms with E-state index >= 15 is 0 Å². The smallest absolute Gasteiger partial charge is 0.237 e. The number of hydrogen-bond donors (Lipinski definition) is 1. The Morgan fingerprint density at radius 2 is 2.61 bits per heavy atom. The molecule has 18 heavy (non-hydrogen) atoms. The molecule has 1 fully saturated rings. The number of rotatable bonds is 5. The van der Waals surface area contributed by atoms with Gasteiger partial charge in [-0.15, -0.1) is 11.3 Å². The van der Waals surface area contributed by atoms with Crippen LogP contribution in [-0.4, -0.2) is 35.8 Å². The standard InChI is InChI=1S/C12H17N3O2S/c1-16-11-10(15-4-6-18-12(15)14-11)8-13-7-9-3-2-5-17-9/h4,6,9,13H,2-3,5,7-8H2,1H3. The van der Waals surface area contributed by atoms with Crippen LogP contribution in [0, 0.1) is 0 Å². The number of imidazole rings is 1. The molecular weight excluding hydrogens is 250 g/mol. The minimum atomic E-state index is 0.363. The van der Waals surface area contributed by atoms with E-state index in [1.54, 1.807) is 18.4 Å². The van der Waals surface area contributed by atoms with Crippen molar-refractivity contribution in [2.45, 2.75) is 25.5 Å². The van der Waals surface area contributed by atoms with Gasteiger partial charge in [0.15, 0.2) is 4.96 Å². The van der Waals surface area contributed by atoms with Crippen molar-refractivity contribution in [1.29, 1.82) is 0 Å². The zero-order valence-corrected chi connectivity index (χ0v) is 11.2. The Morgan fingerprint density at radius 1 is 1.67 bits per heavy atom. The summed E-state index contributed by atoms with van der Waals surface area (Å²) in [6.45, 7) is 2.54. The Hall–Kier alpha value is -1.11. The molecule has 1 atom stereocenters. The quantitative estimate of drug-likeness (QED) is 0.895. The number of aromatic nitrogens is 2. The lowest BCUT2D eigenvalue weighted by Gasteiger charge is -2.10. The van der Waals surface area contributed by atoms with Gasteiger partial charge in [0.1, 0.15) is 5.69 Å². The Morgan fingerprint density at radius 3 is 3.39 bits per heavy atom. The van der Waals surface area contributed by atoms with E-state index in [1.807, 2.05) is 11.6 Å². The van der Waals surface area contributed by atoms with Crippen LogP contribution in [0.3, 0.4) is 0 Å². The summed E-state index contributed by atoms with van der Waals surface area (Å²) in [5, 5.41) is 5.46. The highest BCUT2D eigenvalue weighted by Gasteiger charge is 2.17. The number of hydrogen-bond acceptors (Lipinski definition) is 5. The number of nitrogens with zero attached hydrogens (tertiary/aromatic N) is 2. The molecule has 0 saturated carbocycles. The second kappa shape index (κ2) is 5.26. The first-order valence-electron chi connectivity index (χ1n) is 6.19. The molecule has 0 aromatic carbocycles. The van der Waals surface area contributed by atoms with E-state index in [1.165, 1.54) is 6.42 Å². The molecule has 6 heteroatoms. The highest BCUT2D eigenvalue weighted by molar-refractivity contribution is 7.15. The number of nitrogens with one attached hydrogen (secondary N) is 1. The van der Waals surface area contributed by atoms with Gasteiger partial charge in [0, 0.05) is 31.3 Å². The maximum absolute atomic E-state index is 5.59. The van der Waals surface area contributed by atoms with Gasteiger partial charge in [-0.2, -0.15) is 4.98 Å². The number of ether oxygens (including phenoxy) is 2. The van der Waals surface area contributed by atoms with Gasteiger partial charge in [-0.05, 0) is 12.8 Å². The van der Waals surface area contributed by atoms with Crippen LogP contribution in [0.2, 0.25) is 0 Å². The van der Waals surface area contributed by atoms with E-state index in [-0.39, 0.29) is 0 Å². The van der Waals surface area contributed by atoms with E-state index in [0.29, 0.717) is 12.0 Å². The first-order valence-corrected chi connectivity index (χ1v) is 7.07. The van der Waals surface area contributed by atoms with Crippen molar-refractivity contribution in [3.8, 4) is 5.88 Å². The topological polar surface area (TPSA) is 47.8 Å². The first kappa shape index (κ1) is 12.0. The minimum Gasteiger partial charge on any atom is -0.480 e. The van der Waals surface area contributed by atoms with Gasteiger partial charge in [-0.1, -0.05) is 0 Å². The van der Waals surface area contributed by atoms with E-state index in [9.17, 15) is 0 Å². The lowest BCUT2D eigenvalue weighted by molar-refractivity contribution is 0.110. The number of fused-ring (bicyclic) bond motifs is 1. The van der Waals surface area contributed by atoms with Crippen LogP contribution >= 0.6 is 11.3 Å². The molecule has 2 aromatic heterocycles. The molecule has 1 unspecified atom stereocenters. The molecule has 1 saturated heterocycles. The molecule has 3 heterocycles. The summed E-state index contributed by atoms with van der Waals surface area (Å²) in [5.41, 5.74) is 1.08. The van der Waals surface area contributed by atoms with Crippen molar-refractivity contribution in [2.24, 2.45) is 0 Å². The van der Waals surface area contributed by atoms with Crippen molar-refractivity contribution in [3.05, 3.63) is 17.3 Å². The monoisotopic (exact) mass is 267 g/mol. The average Bonchev–Trinajstić information content (AvgIpc) is 3.06. The second-order valence-electron chi connectivity index (χ2n) is 4.39. The Labute approximate surface area is 110 Å². The predicted octanol–water partition coefficient (Wildman–Crippen LogP) is 1.67. The third kappa shape index (κ3) is 2.23. The van der Waals surface area contributed by atoms with Gasteiger partial charge in [0.2, 0.25) is 5.88 Å². The summed E-state index contributed by atoms with van der Waals surface area (Å²) in [4.78, 5) is 5.40. The molecule has 1 N–H and O–H groups in total. The van der Waals surface area contributed by atoms with Crippen LogP contribution in [-0.2, 0) is 11.3 Å². The first-order chi connectivity index (χ1) is 8.88. The number of thiazole rings is 1. The maximum atomic E-state index is 5.59.